The quantitative estimate of drug-likeness (QED) is 0.384. The Kier molecular flexibility index (Phi) is 12.1. The zero-order valence-electron chi connectivity index (χ0n) is 17.5. The SMILES string of the molecule is COc1ccc(CCNCc2cc(Cl)c(OCc3cccnc3)c(OC)c2)cc1.Cl.Cl. The van der Waals surface area contributed by atoms with Gasteiger partial charge in [-0.2, -0.15) is 0 Å². The molecular formula is C23H27Cl3N2O3. The van der Waals surface area contributed by atoms with Crippen molar-refractivity contribution in [3.63, 3.8) is 0 Å². The van der Waals surface area contributed by atoms with Gasteiger partial charge in [-0.05, 0) is 54.4 Å². The number of ether oxygens (including phenoxy) is 3. The minimum absolute atomic E-state index is 0. The van der Waals surface area contributed by atoms with Crippen LogP contribution in [0.5, 0.6) is 17.2 Å². The molecule has 1 aromatic heterocycles. The lowest BCUT2D eigenvalue weighted by molar-refractivity contribution is 0.284. The molecule has 3 rings (SSSR count). The maximum atomic E-state index is 6.46. The third-order valence-corrected chi connectivity index (χ3v) is 4.75. The number of methoxy groups -OCH3 is 2. The predicted molar refractivity (Wildman–Crippen MR) is 129 cm³/mol. The van der Waals surface area contributed by atoms with Gasteiger partial charge in [0.2, 0.25) is 0 Å². The molecule has 0 atom stereocenters. The molecular weight excluding hydrogens is 459 g/mol. The summed E-state index contributed by atoms with van der Waals surface area (Å²) in [6, 6.07) is 15.8. The van der Waals surface area contributed by atoms with E-state index in [4.69, 9.17) is 25.8 Å². The van der Waals surface area contributed by atoms with E-state index in [9.17, 15) is 0 Å². The minimum Gasteiger partial charge on any atom is -0.497 e. The van der Waals surface area contributed by atoms with E-state index in [1.54, 1.807) is 26.6 Å². The van der Waals surface area contributed by atoms with Crippen LogP contribution < -0.4 is 19.5 Å². The van der Waals surface area contributed by atoms with Crippen molar-refractivity contribution >= 4 is 36.4 Å². The lowest BCUT2D eigenvalue weighted by Crippen LogP contribution is -2.16. The monoisotopic (exact) mass is 484 g/mol. The third kappa shape index (κ3) is 8.11. The van der Waals surface area contributed by atoms with Crippen LogP contribution in [0.3, 0.4) is 0 Å². The Labute approximate surface area is 200 Å². The van der Waals surface area contributed by atoms with Crippen LogP contribution >= 0.6 is 36.4 Å². The average molecular weight is 486 g/mol. The number of nitrogens with zero attached hydrogens (tertiary/aromatic N) is 1. The van der Waals surface area contributed by atoms with Crippen molar-refractivity contribution in [2.45, 2.75) is 19.6 Å². The molecule has 8 heteroatoms. The first-order chi connectivity index (χ1) is 14.2. The molecule has 0 bridgehead atoms. The Bertz CT molecular complexity index is 910. The Morgan fingerprint density at radius 1 is 0.935 bits per heavy atom. The van der Waals surface area contributed by atoms with E-state index < -0.39 is 0 Å². The molecule has 0 spiro atoms. The van der Waals surface area contributed by atoms with E-state index in [0.29, 0.717) is 29.7 Å². The molecule has 0 amide bonds. The zero-order valence-corrected chi connectivity index (χ0v) is 19.9. The van der Waals surface area contributed by atoms with Crippen molar-refractivity contribution in [2.24, 2.45) is 0 Å². The minimum atomic E-state index is 0. The lowest BCUT2D eigenvalue weighted by Gasteiger charge is -2.14. The van der Waals surface area contributed by atoms with Crippen molar-refractivity contribution in [1.82, 2.24) is 10.3 Å². The van der Waals surface area contributed by atoms with Gasteiger partial charge >= 0.3 is 0 Å². The van der Waals surface area contributed by atoms with E-state index in [2.05, 4.69) is 22.4 Å². The van der Waals surface area contributed by atoms with Gasteiger partial charge in [-0.15, -0.1) is 24.8 Å². The van der Waals surface area contributed by atoms with Gasteiger partial charge < -0.3 is 19.5 Å². The summed E-state index contributed by atoms with van der Waals surface area (Å²) in [5.74, 6) is 2.03. The second-order valence-electron chi connectivity index (χ2n) is 6.53. The molecule has 0 unspecified atom stereocenters. The molecule has 0 aliphatic heterocycles. The molecule has 0 fully saturated rings. The zero-order chi connectivity index (χ0) is 20.5. The van der Waals surface area contributed by atoms with E-state index in [1.807, 2.05) is 36.4 Å². The number of benzene rings is 2. The van der Waals surface area contributed by atoms with Crippen LogP contribution in [-0.2, 0) is 19.6 Å². The average Bonchev–Trinajstić information content (AvgIpc) is 2.76. The van der Waals surface area contributed by atoms with Crippen molar-refractivity contribution in [1.29, 1.82) is 0 Å². The van der Waals surface area contributed by atoms with Crippen LogP contribution in [0.15, 0.2) is 60.9 Å². The number of hydrogen-bond donors (Lipinski definition) is 1. The molecule has 1 heterocycles. The van der Waals surface area contributed by atoms with E-state index >= 15 is 0 Å². The molecule has 2 aromatic carbocycles. The van der Waals surface area contributed by atoms with E-state index in [1.165, 1.54) is 5.56 Å². The van der Waals surface area contributed by atoms with Crippen molar-refractivity contribution in [3.8, 4) is 17.2 Å². The van der Waals surface area contributed by atoms with Crippen molar-refractivity contribution in [2.75, 3.05) is 20.8 Å². The summed E-state index contributed by atoms with van der Waals surface area (Å²) in [5, 5.41) is 3.97. The molecule has 0 saturated carbocycles. The fraction of sp³-hybridized carbons (Fsp3) is 0.261. The van der Waals surface area contributed by atoms with Crippen LogP contribution in [0.1, 0.15) is 16.7 Å². The number of rotatable bonds is 10. The standard InChI is InChI=1S/C23H25ClN2O3.2ClH/c1-27-20-7-5-17(6-8-20)9-11-26-15-19-12-21(24)23(22(13-19)28-2)29-16-18-4-3-10-25-14-18;;/h3-8,10,12-14,26H,9,11,15-16H2,1-2H3;2*1H. The molecule has 168 valence electrons. The summed E-state index contributed by atoms with van der Waals surface area (Å²) in [6.45, 7) is 1.92. The number of halogens is 3. The third-order valence-electron chi connectivity index (χ3n) is 4.47. The van der Waals surface area contributed by atoms with E-state index in [-0.39, 0.29) is 24.8 Å². The highest BCUT2D eigenvalue weighted by Gasteiger charge is 2.12. The van der Waals surface area contributed by atoms with Gasteiger partial charge in [0.1, 0.15) is 12.4 Å². The van der Waals surface area contributed by atoms with Gasteiger partial charge in [0.25, 0.3) is 0 Å². The maximum Gasteiger partial charge on any atom is 0.180 e. The highest BCUT2D eigenvalue weighted by molar-refractivity contribution is 6.32. The molecule has 3 aromatic rings. The van der Waals surface area contributed by atoms with Gasteiger partial charge in [0.15, 0.2) is 11.5 Å². The van der Waals surface area contributed by atoms with Gasteiger partial charge in [0, 0.05) is 24.5 Å². The second-order valence-corrected chi connectivity index (χ2v) is 6.94. The molecule has 0 aliphatic rings. The van der Waals surface area contributed by atoms with Crippen LogP contribution in [-0.4, -0.2) is 25.7 Å². The summed E-state index contributed by atoms with van der Waals surface area (Å²) in [5.41, 5.74) is 3.26. The van der Waals surface area contributed by atoms with Crippen LogP contribution in [0, 0.1) is 0 Å². The van der Waals surface area contributed by atoms with E-state index in [0.717, 1.165) is 29.8 Å². The fourth-order valence-corrected chi connectivity index (χ4v) is 3.20. The first-order valence-electron chi connectivity index (χ1n) is 9.41. The van der Waals surface area contributed by atoms with Crippen molar-refractivity contribution < 1.29 is 14.2 Å². The summed E-state index contributed by atoms with van der Waals surface area (Å²) in [7, 11) is 3.29. The van der Waals surface area contributed by atoms with Gasteiger partial charge in [-0.3, -0.25) is 4.98 Å². The summed E-state index contributed by atoms with van der Waals surface area (Å²) >= 11 is 6.46. The number of aromatic nitrogens is 1. The Morgan fingerprint density at radius 2 is 1.71 bits per heavy atom. The molecule has 31 heavy (non-hydrogen) atoms. The van der Waals surface area contributed by atoms with Crippen LogP contribution in [0.4, 0.5) is 0 Å². The lowest BCUT2D eigenvalue weighted by atomic mass is 10.1. The Hall–Kier alpha value is -2.18. The normalized spacial score (nSPS) is 9.90. The number of pyridine rings is 1. The summed E-state index contributed by atoms with van der Waals surface area (Å²) < 4.78 is 16.5. The predicted octanol–water partition coefficient (Wildman–Crippen LogP) is 5.51. The topological polar surface area (TPSA) is 52.6 Å². The molecule has 0 aliphatic carbocycles. The summed E-state index contributed by atoms with van der Waals surface area (Å²) in [6.07, 6.45) is 4.43. The Morgan fingerprint density at radius 3 is 2.35 bits per heavy atom. The van der Waals surface area contributed by atoms with Gasteiger partial charge in [-0.25, -0.2) is 0 Å². The van der Waals surface area contributed by atoms with Gasteiger partial charge in [-0.1, -0.05) is 29.8 Å². The number of nitrogens with one attached hydrogen (secondary N) is 1. The van der Waals surface area contributed by atoms with Gasteiger partial charge in [0.05, 0.1) is 19.2 Å². The largest absolute Gasteiger partial charge is 0.497 e. The Balaban J connectivity index is 0.00000240. The molecule has 0 saturated heterocycles. The molecule has 1 N–H and O–H groups in total. The second kappa shape index (κ2) is 14.0. The highest BCUT2D eigenvalue weighted by atomic mass is 35.5. The van der Waals surface area contributed by atoms with Crippen LogP contribution in [0.25, 0.3) is 0 Å². The summed E-state index contributed by atoms with van der Waals surface area (Å²) in [4.78, 5) is 4.09. The fourth-order valence-electron chi connectivity index (χ4n) is 2.91. The smallest absolute Gasteiger partial charge is 0.180 e. The maximum absolute atomic E-state index is 6.46. The molecule has 5 nitrogen and oxygen atoms in total. The molecule has 0 radical (unpaired) electrons. The van der Waals surface area contributed by atoms with Crippen molar-refractivity contribution in [3.05, 3.63) is 82.6 Å². The first-order valence-corrected chi connectivity index (χ1v) is 9.79. The van der Waals surface area contributed by atoms with Crippen LogP contribution in [0.2, 0.25) is 5.02 Å². The highest BCUT2D eigenvalue weighted by Crippen LogP contribution is 2.37. The number of hydrogen-bond acceptors (Lipinski definition) is 5. The first kappa shape index (κ1) is 26.9.